The number of hydrogen-bond donors (Lipinski definition) is 2. The van der Waals surface area contributed by atoms with Crippen LogP contribution in [0.1, 0.15) is 39.6 Å². The minimum Gasteiger partial charge on any atom is -0.497 e. The molecule has 0 saturated heterocycles. The summed E-state index contributed by atoms with van der Waals surface area (Å²) in [5, 5.41) is 3.51. The van der Waals surface area contributed by atoms with Gasteiger partial charge in [-0.15, -0.1) is 0 Å². The highest BCUT2D eigenvalue weighted by molar-refractivity contribution is 6.06. The van der Waals surface area contributed by atoms with E-state index in [0.717, 1.165) is 16.8 Å². The minimum atomic E-state index is -0.562. The molecule has 0 aliphatic rings. The molecule has 8 nitrogen and oxygen atoms in total. The molecule has 0 fully saturated rings. The average molecular weight is 487 g/mol. The number of benzene rings is 3. The van der Waals surface area contributed by atoms with Gasteiger partial charge in [-0.1, -0.05) is 12.1 Å². The Morgan fingerprint density at radius 3 is 2.31 bits per heavy atom. The number of amides is 1. The van der Waals surface area contributed by atoms with Crippen LogP contribution < -0.4 is 14.8 Å². The maximum Gasteiger partial charge on any atom is 0.345 e. The molecule has 0 saturated carbocycles. The fourth-order valence-electron chi connectivity index (χ4n) is 3.68. The highest BCUT2D eigenvalue weighted by Gasteiger charge is 2.16. The number of carbonyl (C=O) groups excluding carboxylic acids is 3. The third-order valence-corrected chi connectivity index (χ3v) is 5.56. The van der Waals surface area contributed by atoms with Crippen LogP contribution in [0.3, 0.4) is 0 Å². The van der Waals surface area contributed by atoms with Gasteiger partial charge in [0, 0.05) is 29.2 Å². The second-order valence-electron chi connectivity index (χ2n) is 7.99. The monoisotopic (exact) mass is 486 g/mol. The highest BCUT2D eigenvalue weighted by atomic mass is 16.5. The van der Waals surface area contributed by atoms with E-state index in [1.165, 1.54) is 24.3 Å². The summed E-state index contributed by atoms with van der Waals surface area (Å²) < 4.78 is 15.6. The fourth-order valence-corrected chi connectivity index (χ4v) is 3.68. The largest absolute Gasteiger partial charge is 0.497 e. The van der Waals surface area contributed by atoms with E-state index in [1.54, 1.807) is 38.4 Å². The van der Waals surface area contributed by atoms with Crippen molar-refractivity contribution in [1.82, 2.24) is 4.98 Å². The quantitative estimate of drug-likeness (QED) is 0.251. The van der Waals surface area contributed by atoms with E-state index in [0.29, 0.717) is 40.8 Å². The van der Waals surface area contributed by atoms with Crippen LogP contribution in [-0.4, -0.2) is 36.5 Å². The van der Waals surface area contributed by atoms with E-state index in [-0.39, 0.29) is 12.5 Å². The minimum absolute atomic E-state index is 0.133. The summed E-state index contributed by atoms with van der Waals surface area (Å²) in [6, 6.07) is 19.0. The number of nitrogens with one attached hydrogen (secondary N) is 2. The topological polar surface area (TPSA) is 107 Å². The molecule has 0 aliphatic carbocycles. The molecule has 1 aromatic heterocycles. The van der Waals surface area contributed by atoms with Crippen molar-refractivity contribution in [1.29, 1.82) is 0 Å². The van der Waals surface area contributed by atoms with Gasteiger partial charge in [0.05, 0.1) is 24.8 Å². The van der Waals surface area contributed by atoms with Crippen LogP contribution in [0.4, 0.5) is 5.69 Å². The SMILES string of the molecule is CCOC(=O)c1ccc(OC(=O)c2c[nH]c3ccc(NC(=O)CCc4ccc(OC)cc4)cc23)cc1. The molecule has 4 rings (SSSR count). The van der Waals surface area contributed by atoms with Crippen LogP contribution in [0, 0.1) is 0 Å². The molecule has 2 N–H and O–H groups in total. The molecule has 36 heavy (non-hydrogen) atoms. The van der Waals surface area contributed by atoms with Gasteiger partial charge in [-0.05, 0) is 73.5 Å². The molecular weight excluding hydrogens is 460 g/mol. The van der Waals surface area contributed by atoms with E-state index >= 15 is 0 Å². The van der Waals surface area contributed by atoms with E-state index in [4.69, 9.17) is 14.2 Å². The van der Waals surface area contributed by atoms with E-state index < -0.39 is 11.9 Å². The van der Waals surface area contributed by atoms with Gasteiger partial charge in [-0.25, -0.2) is 9.59 Å². The number of esters is 2. The lowest BCUT2D eigenvalue weighted by Gasteiger charge is -2.08. The summed E-state index contributed by atoms with van der Waals surface area (Å²) in [4.78, 5) is 40.1. The second-order valence-corrected chi connectivity index (χ2v) is 7.99. The maximum absolute atomic E-state index is 12.8. The van der Waals surface area contributed by atoms with E-state index in [1.807, 2.05) is 24.3 Å². The Balaban J connectivity index is 1.40. The van der Waals surface area contributed by atoms with Gasteiger partial charge in [0.25, 0.3) is 0 Å². The maximum atomic E-state index is 12.8. The lowest BCUT2D eigenvalue weighted by atomic mass is 10.1. The van der Waals surface area contributed by atoms with Gasteiger partial charge in [-0.2, -0.15) is 0 Å². The summed E-state index contributed by atoms with van der Waals surface area (Å²) in [7, 11) is 1.61. The molecule has 8 heteroatoms. The Bertz CT molecular complexity index is 1370. The second kappa shape index (κ2) is 11.2. The van der Waals surface area contributed by atoms with Crippen molar-refractivity contribution in [3.8, 4) is 11.5 Å². The van der Waals surface area contributed by atoms with Gasteiger partial charge in [0.1, 0.15) is 11.5 Å². The predicted molar refractivity (Wildman–Crippen MR) is 136 cm³/mol. The van der Waals surface area contributed by atoms with Crippen molar-refractivity contribution >= 4 is 34.4 Å². The Morgan fingerprint density at radius 1 is 0.889 bits per heavy atom. The number of fused-ring (bicyclic) bond motifs is 1. The molecule has 4 aromatic rings. The molecule has 1 heterocycles. The van der Waals surface area contributed by atoms with Gasteiger partial charge in [0.2, 0.25) is 5.91 Å². The van der Waals surface area contributed by atoms with Crippen LogP contribution in [0.15, 0.2) is 72.9 Å². The van der Waals surface area contributed by atoms with Crippen molar-refractivity contribution in [2.75, 3.05) is 19.0 Å². The molecule has 0 radical (unpaired) electrons. The predicted octanol–water partition coefficient (Wildman–Crippen LogP) is 5.14. The number of aromatic nitrogens is 1. The van der Waals surface area contributed by atoms with Crippen molar-refractivity contribution < 1.29 is 28.6 Å². The first-order valence-electron chi connectivity index (χ1n) is 11.5. The first kappa shape index (κ1) is 24.5. The normalized spacial score (nSPS) is 10.6. The number of H-pyrrole nitrogens is 1. The first-order valence-corrected chi connectivity index (χ1v) is 11.5. The zero-order valence-electron chi connectivity index (χ0n) is 20.0. The third kappa shape index (κ3) is 5.90. The van der Waals surface area contributed by atoms with Gasteiger partial charge in [-0.3, -0.25) is 4.79 Å². The number of methoxy groups -OCH3 is 1. The fraction of sp³-hybridized carbons (Fsp3) is 0.179. The summed E-state index contributed by atoms with van der Waals surface area (Å²) >= 11 is 0. The standard InChI is InChI=1S/C28H26N2O6/c1-3-35-27(32)19-7-12-22(13-8-19)36-28(33)24-17-29-25-14-9-20(16-23(24)25)30-26(31)15-6-18-4-10-21(34-2)11-5-18/h4-5,7-14,16-17,29H,3,6,15H2,1-2H3,(H,30,31). The Hall–Kier alpha value is -4.59. The number of hydrogen-bond acceptors (Lipinski definition) is 6. The van der Waals surface area contributed by atoms with Crippen molar-refractivity contribution in [3.05, 3.63) is 89.6 Å². The number of ether oxygens (including phenoxy) is 3. The zero-order valence-corrected chi connectivity index (χ0v) is 20.0. The van der Waals surface area contributed by atoms with Crippen molar-refractivity contribution in [2.45, 2.75) is 19.8 Å². The molecular formula is C28H26N2O6. The Labute approximate surface area is 208 Å². The van der Waals surface area contributed by atoms with Crippen molar-refractivity contribution in [3.63, 3.8) is 0 Å². The van der Waals surface area contributed by atoms with Crippen LogP contribution in [-0.2, 0) is 16.0 Å². The smallest absolute Gasteiger partial charge is 0.345 e. The van der Waals surface area contributed by atoms with Crippen LogP contribution >= 0.6 is 0 Å². The number of carbonyl (C=O) groups is 3. The number of anilines is 1. The number of aryl methyl sites for hydroxylation is 1. The summed E-state index contributed by atoms with van der Waals surface area (Å²) in [6.07, 6.45) is 2.47. The molecule has 3 aromatic carbocycles. The summed E-state index contributed by atoms with van der Waals surface area (Å²) in [5.41, 5.74) is 3.04. The van der Waals surface area contributed by atoms with Gasteiger partial charge < -0.3 is 24.5 Å². The third-order valence-electron chi connectivity index (χ3n) is 5.56. The van der Waals surface area contributed by atoms with Crippen LogP contribution in [0.2, 0.25) is 0 Å². The first-order chi connectivity index (χ1) is 17.5. The average Bonchev–Trinajstić information content (AvgIpc) is 3.32. The molecule has 0 bridgehead atoms. The summed E-state index contributed by atoms with van der Waals surface area (Å²) in [5.74, 6) is -0.0679. The zero-order chi connectivity index (χ0) is 25.5. The molecule has 0 aliphatic heterocycles. The Morgan fingerprint density at radius 2 is 1.61 bits per heavy atom. The van der Waals surface area contributed by atoms with Crippen LogP contribution in [0.25, 0.3) is 10.9 Å². The van der Waals surface area contributed by atoms with Gasteiger partial charge in [0.15, 0.2) is 0 Å². The van der Waals surface area contributed by atoms with Crippen molar-refractivity contribution in [2.24, 2.45) is 0 Å². The molecule has 0 atom stereocenters. The Kier molecular flexibility index (Phi) is 7.65. The molecule has 1 amide bonds. The molecule has 0 unspecified atom stereocenters. The summed E-state index contributed by atoms with van der Waals surface area (Å²) in [6.45, 7) is 2.01. The number of rotatable bonds is 9. The van der Waals surface area contributed by atoms with Gasteiger partial charge >= 0.3 is 11.9 Å². The van der Waals surface area contributed by atoms with Crippen LogP contribution in [0.5, 0.6) is 11.5 Å². The highest BCUT2D eigenvalue weighted by Crippen LogP contribution is 2.24. The lowest BCUT2D eigenvalue weighted by molar-refractivity contribution is -0.116. The van der Waals surface area contributed by atoms with E-state index in [9.17, 15) is 14.4 Å². The lowest BCUT2D eigenvalue weighted by Crippen LogP contribution is -2.12. The molecule has 0 spiro atoms. The van der Waals surface area contributed by atoms with E-state index in [2.05, 4.69) is 10.3 Å². The molecule has 184 valence electrons. The number of aromatic amines is 1.